The SMILES string of the molecule is CCCCCCCPC(O)CCCCCC. The summed E-state index contributed by atoms with van der Waals surface area (Å²) in [6.45, 7) is 4.48. The van der Waals surface area contributed by atoms with Crippen molar-refractivity contribution in [2.24, 2.45) is 0 Å². The summed E-state index contributed by atoms with van der Waals surface area (Å²) in [5, 5.41) is 9.76. The van der Waals surface area contributed by atoms with E-state index in [2.05, 4.69) is 13.8 Å². The van der Waals surface area contributed by atoms with Crippen molar-refractivity contribution in [3.05, 3.63) is 0 Å². The van der Waals surface area contributed by atoms with Gasteiger partial charge in [-0.15, -0.1) is 0 Å². The summed E-state index contributed by atoms with van der Waals surface area (Å²) in [6.07, 6.45) is 14.2. The van der Waals surface area contributed by atoms with Crippen molar-refractivity contribution in [3.63, 3.8) is 0 Å². The fraction of sp³-hybridized carbons (Fsp3) is 1.00. The highest BCUT2D eigenvalue weighted by molar-refractivity contribution is 7.38. The second kappa shape index (κ2) is 13.5. The van der Waals surface area contributed by atoms with Gasteiger partial charge < -0.3 is 5.11 Å². The summed E-state index contributed by atoms with van der Waals surface area (Å²) in [5.41, 5.74) is 0. The summed E-state index contributed by atoms with van der Waals surface area (Å²) in [7, 11) is 0.785. The van der Waals surface area contributed by atoms with E-state index in [0.29, 0.717) is 0 Å². The third-order valence-electron chi connectivity index (χ3n) is 2.99. The summed E-state index contributed by atoms with van der Waals surface area (Å²) in [6, 6.07) is 0. The van der Waals surface area contributed by atoms with Crippen molar-refractivity contribution in [3.8, 4) is 0 Å². The third-order valence-corrected chi connectivity index (χ3v) is 4.39. The smallest absolute Gasteiger partial charge is 0.0702 e. The van der Waals surface area contributed by atoms with Gasteiger partial charge in [-0.3, -0.25) is 0 Å². The van der Waals surface area contributed by atoms with Crippen LogP contribution in [0.4, 0.5) is 0 Å². The highest BCUT2D eigenvalue weighted by atomic mass is 31.1. The Bertz CT molecular complexity index is 128. The summed E-state index contributed by atoms with van der Waals surface area (Å²) in [4.78, 5) is 0. The fourth-order valence-electron chi connectivity index (χ4n) is 1.86. The zero-order valence-electron chi connectivity index (χ0n) is 11.3. The minimum Gasteiger partial charge on any atom is -0.389 e. The van der Waals surface area contributed by atoms with E-state index >= 15 is 0 Å². The maximum Gasteiger partial charge on any atom is 0.0702 e. The average molecular weight is 246 g/mol. The minimum atomic E-state index is 0.00281. The van der Waals surface area contributed by atoms with Crippen LogP contribution in [0.5, 0.6) is 0 Å². The topological polar surface area (TPSA) is 20.2 Å². The van der Waals surface area contributed by atoms with E-state index in [1.165, 1.54) is 63.9 Å². The van der Waals surface area contributed by atoms with E-state index < -0.39 is 0 Å². The minimum absolute atomic E-state index is 0.00281. The first-order chi connectivity index (χ1) is 7.81. The summed E-state index contributed by atoms with van der Waals surface area (Å²) < 4.78 is 0. The molecule has 2 heteroatoms. The quantitative estimate of drug-likeness (QED) is 0.382. The first kappa shape index (κ1) is 16.4. The number of hydrogen-bond donors (Lipinski definition) is 1. The van der Waals surface area contributed by atoms with E-state index in [-0.39, 0.29) is 5.85 Å². The molecule has 16 heavy (non-hydrogen) atoms. The molecule has 2 unspecified atom stereocenters. The van der Waals surface area contributed by atoms with Gasteiger partial charge in [-0.2, -0.15) is 0 Å². The maximum atomic E-state index is 9.76. The molecule has 98 valence electrons. The molecule has 1 N–H and O–H groups in total. The Balaban J connectivity index is 3.08. The average Bonchev–Trinajstić information content (AvgIpc) is 2.29. The van der Waals surface area contributed by atoms with E-state index in [4.69, 9.17) is 0 Å². The monoisotopic (exact) mass is 246 g/mol. The van der Waals surface area contributed by atoms with E-state index in [1.807, 2.05) is 0 Å². The van der Waals surface area contributed by atoms with Crippen LogP contribution in [-0.4, -0.2) is 17.1 Å². The standard InChI is InChI=1S/C14H31OP/c1-3-5-7-9-11-13-16-14(15)12-10-8-6-4-2/h14-16H,3-13H2,1-2H3. The Kier molecular flexibility index (Phi) is 13.8. The van der Waals surface area contributed by atoms with Gasteiger partial charge in [0, 0.05) is 0 Å². The van der Waals surface area contributed by atoms with Gasteiger partial charge in [0.1, 0.15) is 0 Å². The van der Waals surface area contributed by atoms with Crippen LogP contribution in [0.2, 0.25) is 0 Å². The zero-order valence-corrected chi connectivity index (χ0v) is 12.3. The fourth-order valence-corrected chi connectivity index (χ4v) is 3.06. The molecule has 0 radical (unpaired) electrons. The highest BCUT2D eigenvalue weighted by Crippen LogP contribution is 2.23. The molecule has 0 saturated heterocycles. The number of aliphatic hydroxyl groups is 1. The number of unbranched alkanes of at least 4 members (excludes halogenated alkanes) is 7. The second-order valence-electron chi connectivity index (χ2n) is 4.73. The second-order valence-corrected chi connectivity index (χ2v) is 6.31. The van der Waals surface area contributed by atoms with Crippen molar-refractivity contribution in [2.75, 3.05) is 6.16 Å². The van der Waals surface area contributed by atoms with Gasteiger partial charge >= 0.3 is 0 Å². The summed E-state index contributed by atoms with van der Waals surface area (Å²) in [5.74, 6) is 0.00281. The first-order valence-electron chi connectivity index (χ1n) is 7.22. The Morgan fingerprint density at radius 2 is 1.38 bits per heavy atom. The Labute approximate surface area is 104 Å². The molecule has 2 atom stereocenters. The van der Waals surface area contributed by atoms with Gasteiger partial charge in [-0.25, -0.2) is 0 Å². The number of rotatable bonds is 12. The molecule has 0 saturated carbocycles. The summed E-state index contributed by atoms with van der Waals surface area (Å²) >= 11 is 0. The maximum absolute atomic E-state index is 9.76. The van der Waals surface area contributed by atoms with Gasteiger partial charge in [0.15, 0.2) is 0 Å². The predicted octanol–water partition coefficient (Wildman–Crippen LogP) is 4.92. The van der Waals surface area contributed by atoms with Crippen LogP contribution in [-0.2, 0) is 0 Å². The Hall–Kier alpha value is 0.390. The molecule has 0 heterocycles. The lowest BCUT2D eigenvalue weighted by Gasteiger charge is -2.10. The normalized spacial score (nSPS) is 13.7. The number of aliphatic hydroxyl groups excluding tert-OH is 1. The molecule has 0 spiro atoms. The largest absolute Gasteiger partial charge is 0.389 e. The van der Waals surface area contributed by atoms with Gasteiger partial charge in [0.05, 0.1) is 5.85 Å². The molecule has 0 aromatic heterocycles. The molecule has 0 rings (SSSR count). The molecule has 0 aliphatic carbocycles. The molecular weight excluding hydrogens is 215 g/mol. The molecule has 0 fully saturated rings. The molecule has 0 amide bonds. The van der Waals surface area contributed by atoms with Crippen molar-refractivity contribution in [1.29, 1.82) is 0 Å². The van der Waals surface area contributed by atoms with Crippen LogP contribution in [0.1, 0.15) is 78.1 Å². The lowest BCUT2D eigenvalue weighted by molar-refractivity contribution is 0.244. The van der Waals surface area contributed by atoms with Crippen molar-refractivity contribution >= 4 is 8.58 Å². The molecule has 1 nitrogen and oxygen atoms in total. The zero-order chi connectivity index (χ0) is 12.1. The van der Waals surface area contributed by atoms with Gasteiger partial charge in [0.25, 0.3) is 0 Å². The van der Waals surface area contributed by atoms with Gasteiger partial charge in [-0.1, -0.05) is 73.8 Å². The van der Waals surface area contributed by atoms with Crippen LogP contribution in [0.15, 0.2) is 0 Å². The molecule has 0 aliphatic heterocycles. The van der Waals surface area contributed by atoms with Crippen LogP contribution in [0.3, 0.4) is 0 Å². The molecule has 0 aromatic rings. The lowest BCUT2D eigenvalue weighted by atomic mass is 10.2. The van der Waals surface area contributed by atoms with Gasteiger partial charge in [-0.05, 0) is 19.0 Å². The van der Waals surface area contributed by atoms with E-state index in [9.17, 15) is 5.11 Å². The molecule has 0 aromatic carbocycles. The predicted molar refractivity (Wildman–Crippen MR) is 76.7 cm³/mol. The van der Waals surface area contributed by atoms with E-state index in [1.54, 1.807) is 0 Å². The van der Waals surface area contributed by atoms with Gasteiger partial charge in [0.2, 0.25) is 0 Å². The molecular formula is C14H31OP. The Morgan fingerprint density at radius 1 is 0.812 bits per heavy atom. The van der Waals surface area contributed by atoms with Crippen molar-refractivity contribution < 1.29 is 5.11 Å². The first-order valence-corrected chi connectivity index (χ1v) is 8.51. The molecule has 0 bridgehead atoms. The van der Waals surface area contributed by atoms with Crippen LogP contribution < -0.4 is 0 Å². The van der Waals surface area contributed by atoms with E-state index in [0.717, 1.165) is 15.0 Å². The van der Waals surface area contributed by atoms with Crippen LogP contribution in [0, 0.1) is 0 Å². The van der Waals surface area contributed by atoms with Crippen LogP contribution >= 0.6 is 8.58 Å². The van der Waals surface area contributed by atoms with Crippen molar-refractivity contribution in [1.82, 2.24) is 0 Å². The highest BCUT2D eigenvalue weighted by Gasteiger charge is 2.02. The van der Waals surface area contributed by atoms with Crippen LogP contribution in [0.25, 0.3) is 0 Å². The molecule has 0 aliphatic rings. The lowest BCUT2D eigenvalue weighted by Crippen LogP contribution is -1.99. The third kappa shape index (κ3) is 12.5. The Morgan fingerprint density at radius 3 is 2.00 bits per heavy atom. The van der Waals surface area contributed by atoms with Crippen molar-refractivity contribution in [2.45, 2.75) is 83.9 Å². The number of hydrogen-bond acceptors (Lipinski definition) is 1.